The molecule has 3 N–H and O–H groups in total. The molecule has 0 bridgehead atoms. The van der Waals surface area contributed by atoms with Crippen LogP contribution >= 0.6 is 0 Å². The second-order valence-corrected chi connectivity index (χ2v) is 7.93. The van der Waals surface area contributed by atoms with Gasteiger partial charge in [-0.15, -0.1) is 0 Å². The third kappa shape index (κ3) is 3.57. The number of halogens is 1. The van der Waals surface area contributed by atoms with Crippen LogP contribution in [0.2, 0.25) is 0 Å². The number of urea groups is 1. The van der Waals surface area contributed by atoms with Crippen LogP contribution in [0.1, 0.15) is 11.3 Å². The lowest BCUT2D eigenvalue weighted by atomic mass is 10.1. The van der Waals surface area contributed by atoms with Crippen molar-refractivity contribution >= 4 is 28.9 Å². The van der Waals surface area contributed by atoms with E-state index in [1.807, 2.05) is 13.0 Å². The summed E-state index contributed by atoms with van der Waals surface area (Å²) in [5.74, 6) is 0.0532. The summed E-state index contributed by atoms with van der Waals surface area (Å²) in [7, 11) is 0. The van der Waals surface area contributed by atoms with E-state index in [-0.39, 0.29) is 18.3 Å². The maximum absolute atomic E-state index is 14.5. The molecule has 162 valence electrons. The van der Waals surface area contributed by atoms with Crippen molar-refractivity contribution in [1.29, 1.82) is 0 Å². The molecule has 0 aromatic carbocycles. The number of carbonyl (C=O) groups excluding carboxylic acids is 1. The number of aliphatic hydroxyl groups is 1. The zero-order valence-corrected chi connectivity index (χ0v) is 17.2. The Morgan fingerprint density at radius 2 is 2.26 bits per heavy atom. The normalized spacial score (nSPS) is 18.5. The van der Waals surface area contributed by atoms with Crippen LogP contribution in [0.3, 0.4) is 0 Å². The maximum atomic E-state index is 14.5. The van der Waals surface area contributed by atoms with Crippen molar-refractivity contribution in [2.75, 3.05) is 47.9 Å². The Bertz CT molecular complexity index is 1150. The van der Waals surface area contributed by atoms with E-state index < -0.39 is 11.8 Å². The van der Waals surface area contributed by atoms with Gasteiger partial charge in [0.2, 0.25) is 0 Å². The first-order valence-electron chi connectivity index (χ1n) is 10.3. The number of aryl methyl sites for hydroxylation is 1. The summed E-state index contributed by atoms with van der Waals surface area (Å²) >= 11 is 0. The van der Waals surface area contributed by atoms with Crippen LogP contribution in [0.25, 0.3) is 5.65 Å². The lowest BCUT2D eigenvalue weighted by Gasteiger charge is -2.35. The van der Waals surface area contributed by atoms with Crippen LogP contribution in [-0.4, -0.2) is 64.3 Å². The molecule has 0 aliphatic carbocycles. The van der Waals surface area contributed by atoms with Crippen LogP contribution in [-0.2, 0) is 6.42 Å². The molecule has 1 fully saturated rings. The fourth-order valence-electron chi connectivity index (χ4n) is 4.35. The molecule has 2 aliphatic rings. The predicted octanol–water partition coefficient (Wildman–Crippen LogP) is 1.54. The average molecular weight is 425 g/mol. The lowest BCUT2D eigenvalue weighted by molar-refractivity contribution is 0.235. The van der Waals surface area contributed by atoms with Crippen molar-refractivity contribution in [3.8, 4) is 0 Å². The third-order valence-corrected chi connectivity index (χ3v) is 5.82. The van der Waals surface area contributed by atoms with Gasteiger partial charge in [0.15, 0.2) is 5.82 Å². The number of nitrogens with zero attached hydrogens (tertiary/aromatic N) is 5. The highest BCUT2D eigenvalue weighted by Gasteiger charge is 2.31. The monoisotopic (exact) mass is 425 g/mol. The standard InChI is InChI=1S/C21H24FN7O2/c1-13-9-28-11-17(16(22)8-19(28)25-13)26-21(31)29-6-3-15-18(2-4-24-20(15)29)27-7-5-23-14(10-27)12-30/h2,4,8-9,11,14,23,30H,3,5-7,10,12H2,1H3,(H,26,31)/t14-/m0/s1. The largest absolute Gasteiger partial charge is 0.395 e. The summed E-state index contributed by atoms with van der Waals surface area (Å²) in [5.41, 5.74) is 3.37. The minimum absolute atomic E-state index is 0.0167. The first-order valence-corrected chi connectivity index (χ1v) is 10.3. The van der Waals surface area contributed by atoms with Crippen molar-refractivity contribution < 1.29 is 14.3 Å². The number of piperazine rings is 1. The minimum atomic E-state index is -0.538. The highest BCUT2D eigenvalue weighted by Crippen LogP contribution is 2.34. The third-order valence-electron chi connectivity index (χ3n) is 5.82. The zero-order chi connectivity index (χ0) is 21.5. The topological polar surface area (TPSA) is 98.0 Å². The number of aliphatic hydroxyl groups excluding tert-OH is 1. The van der Waals surface area contributed by atoms with Gasteiger partial charge in [-0.2, -0.15) is 0 Å². The number of pyridine rings is 2. The van der Waals surface area contributed by atoms with Gasteiger partial charge in [-0.3, -0.25) is 4.90 Å². The fourth-order valence-corrected chi connectivity index (χ4v) is 4.35. The van der Waals surface area contributed by atoms with Gasteiger partial charge in [0.05, 0.1) is 18.0 Å². The molecule has 3 aromatic heterocycles. The number of imidazole rings is 1. The van der Waals surface area contributed by atoms with Crippen LogP contribution < -0.4 is 20.4 Å². The molecule has 5 rings (SSSR count). The lowest BCUT2D eigenvalue weighted by Crippen LogP contribution is -2.52. The van der Waals surface area contributed by atoms with Gasteiger partial charge in [-0.25, -0.2) is 19.2 Å². The number of nitrogens with one attached hydrogen (secondary N) is 2. The van der Waals surface area contributed by atoms with Crippen molar-refractivity contribution in [2.24, 2.45) is 0 Å². The van der Waals surface area contributed by atoms with Crippen LogP contribution in [0.4, 0.5) is 26.4 Å². The Morgan fingerprint density at radius 3 is 3.10 bits per heavy atom. The molecule has 5 heterocycles. The number of rotatable bonds is 3. The smallest absolute Gasteiger partial charge is 0.327 e. The number of anilines is 3. The molecule has 0 radical (unpaired) electrons. The van der Waals surface area contributed by atoms with E-state index >= 15 is 0 Å². The zero-order valence-electron chi connectivity index (χ0n) is 17.2. The van der Waals surface area contributed by atoms with Gasteiger partial charge in [0, 0.05) is 68.1 Å². The Kier molecular flexibility index (Phi) is 4.95. The summed E-state index contributed by atoms with van der Waals surface area (Å²) in [4.78, 5) is 25.4. The quantitative estimate of drug-likeness (QED) is 0.589. The summed E-state index contributed by atoms with van der Waals surface area (Å²) in [5, 5.41) is 15.5. The van der Waals surface area contributed by atoms with Gasteiger partial charge in [-0.1, -0.05) is 0 Å². The van der Waals surface area contributed by atoms with Crippen LogP contribution in [0.5, 0.6) is 0 Å². The predicted molar refractivity (Wildman–Crippen MR) is 115 cm³/mol. The Balaban J connectivity index is 1.39. The first kappa shape index (κ1) is 19.7. The summed E-state index contributed by atoms with van der Waals surface area (Å²) < 4.78 is 16.2. The Hall–Kier alpha value is -3.24. The van der Waals surface area contributed by atoms with E-state index in [2.05, 4.69) is 25.5 Å². The summed E-state index contributed by atoms with van der Waals surface area (Å²) in [6.45, 7) is 4.65. The molecule has 1 saturated heterocycles. The van der Waals surface area contributed by atoms with E-state index in [9.17, 15) is 14.3 Å². The SMILES string of the molecule is Cc1cn2cc(NC(=O)N3CCc4c(N5CCN[C@H](CO)C5)ccnc43)c(F)cc2n1. The maximum Gasteiger partial charge on any atom is 0.327 e. The number of hydrogen-bond donors (Lipinski definition) is 3. The molecule has 2 amide bonds. The molecule has 9 nitrogen and oxygen atoms in total. The van der Waals surface area contributed by atoms with Crippen molar-refractivity contribution in [1.82, 2.24) is 19.7 Å². The Morgan fingerprint density at radius 1 is 1.39 bits per heavy atom. The molecule has 3 aromatic rings. The van der Waals surface area contributed by atoms with Gasteiger partial charge < -0.3 is 25.0 Å². The molecule has 0 saturated carbocycles. The highest BCUT2D eigenvalue weighted by atomic mass is 19.1. The van der Waals surface area contributed by atoms with E-state index in [0.29, 0.717) is 31.0 Å². The van der Waals surface area contributed by atoms with Crippen LogP contribution in [0.15, 0.2) is 30.7 Å². The molecule has 2 aliphatic heterocycles. The molecule has 1 atom stereocenters. The van der Waals surface area contributed by atoms with E-state index in [1.165, 1.54) is 12.3 Å². The molecular weight excluding hydrogens is 401 g/mol. The van der Waals surface area contributed by atoms with E-state index in [0.717, 1.165) is 30.0 Å². The van der Waals surface area contributed by atoms with Gasteiger partial charge in [0.25, 0.3) is 0 Å². The number of carbonyl (C=O) groups is 1. The minimum Gasteiger partial charge on any atom is -0.395 e. The molecular formula is C21H24FN7O2. The van der Waals surface area contributed by atoms with Crippen LogP contribution in [0, 0.1) is 12.7 Å². The molecule has 0 spiro atoms. The number of fused-ring (bicyclic) bond motifs is 2. The molecule has 31 heavy (non-hydrogen) atoms. The fraction of sp³-hybridized carbons (Fsp3) is 0.381. The summed E-state index contributed by atoms with van der Waals surface area (Å²) in [6.07, 6.45) is 5.66. The molecule has 10 heteroatoms. The van der Waals surface area contributed by atoms with Gasteiger partial charge in [-0.05, 0) is 19.4 Å². The van der Waals surface area contributed by atoms with E-state index in [1.54, 1.807) is 21.7 Å². The van der Waals surface area contributed by atoms with Crippen molar-refractivity contribution in [3.63, 3.8) is 0 Å². The number of hydrogen-bond acceptors (Lipinski definition) is 6. The van der Waals surface area contributed by atoms with Crippen molar-refractivity contribution in [3.05, 3.63) is 47.8 Å². The average Bonchev–Trinajstić information content (AvgIpc) is 3.36. The second-order valence-electron chi connectivity index (χ2n) is 7.93. The van der Waals surface area contributed by atoms with Gasteiger partial charge in [0.1, 0.15) is 11.5 Å². The highest BCUT2D eigenvalue weighted by molar-refractivity contribution is 6.03. The Labute approximate surface area is 178 Å². The number of amides is 2. The number of aromatic nitrogens is 3. The second kappa shape index (κ2) is 7.78. The first-order chi connectivity index (χ1) is 15.0. The van der Waals surface area contributed by atoms with Crippen molar-refractivity contribution in [2.45, 2.75) is 19.4 Å². The van der Waals surface area contributed by atoms with E-state index in [4.69, 9.17) is 0 Å². The van der Waals surface area contributed by atoms with Gasteiger partial charge >= 0.3 is 6.03 Å². The molecule has 0 unspecified atom stereocenters. The summed E-state index contributed by atoms with van der Waals surface area (Å²) in [6, 6.07) is 2.85.